The number of hydrogen-bond donors (Lipinski definition) is 1. The Bertz CT molecular complexity index is 458. The normalized spacial score (nSPS) is 22.5. The molecule has 1 N–H and O–H groups in total. The number of nitrogens with one attached hydrogen (secondary N) is 1. The van der Waals surface area contributed by atoms with Gasteiger partial charge in [-0.2, -0.15) is 0 Å². The molecule has 1 aliphatic rings. The van der Waals surface area contributed by atoms with Gasteiger partial charge in [0.05, 0.1) is 0 Å². The number of carbonyl (C=O) groups is 1. The summed E-state index contributed by atoms with van der Waals surface area (Å²) in [6.45, 7) is 4.82. The molecule has 2 unspecified atom stereocenters. The fourth-order valence-electron chi connectivity index (χ4n) is 2.88. The molecule has 2 atom stereocenters. The maximum atomic E-state index is 12.2. The maximum Gasteiger partial charge on any atom is 0.251 e. The monoisotopic (exact) mass is 323 g/mol. The average Bonchev–Trinajstić information content (AvgIpc) is 2.86. The minimum Gasteiger partial charge on any atom is -0.352 e. The zero-order chi connectivity index (χ0) is 13.8. The standard InChI is InChI=1S/C16H22BrNO/c1-11-6-7-12(2)15(8-11)16(19)18-10-14-5-3-4-13(14)9-17/h6-8,13-14H,3-5,9-10H2,1-2H3,(H,18,19). The van der Waals surface area contributed by atoms with Gasteiger partial charge in [-0.05, 0) is 50.2 Å². The van der Waals surface area contributed by atoms with Crippen LogP contribution < -0.4 is 5.32 Å². The summed E-state index contributed by atoms with van der Waals surface area (Å²) in [4.78, 5) is 12.2. The lowest BCUT2D eigenvalue weighted by Crippen LogP contribution is -2.31. The van der Waals surface area contributed by atoms with Crippen LogP contribution in [0.5, 0.6) is 0 Å². The maximum absolute atomic E-state index is 12.2. The van der Waals surface area contributed by atoms with E-state index in [1.165, 1.54) is 19.3 Å². The topological polar surface area (TPSA) is 29.1 Å². The minimum atomic E-state index is 0.0708. The van der Waals surface area contributed by atoms with E-state index in [0.717, 1.165) is 34.5 Å². The highest BCUT2D eigenvalue weighted by atomic mass is 79.9. The van der Waals surface area contributed by atoms with E-state index in [4.69, 9.17) is 0 Å². The molecule has 104 valence electrons. The molecular formula is C16H22BrNO. The Balaban J connectivity index is 1.96. The zero-order valence-corrected chi connectivity index (χ0v) is 13.3. The Morgan fingerprint density at radius 2 is 2.05 bits per heavy atom. The number of carbonyl (C=O) groups excluding carboxylic acids is 1. The van der Waals surface area contributed by atoms with Crippen molar-refractivity contribution in [3.05, 3.63) is 34.9 Å². The molecular weight excluding hydrogens is 302 g/mol. The van der Waals surface area contributed by atoms with Crippen LogP contribution >= 0.6 is 15.9 Å². The third-order valence-corrected chi connectivity index (χ3v) is 5.01. The summed E-state index contributed by atoms with van der Waals surface area (Å²) in [7, 11) is 0. The van der Waals surface area contributed by atoms with Crippen molar-refractivity contribution in [3.8, 4) is 0 Å². The molecule has 1 aromatic carbocycles. The van der Waals surface area contributed by atoms with Crippen molar-refractivity contribution in [2.45, 2.75) is 33.1 Å². The van der Waals surface area contributed by atoms with Crippen molar-refractivity contribution in [2.24, 2.45) is 11.8 Å². The summed E-state index contributed by atoms with van der Waals surface area (Å²) in [5, 5.41) is 4.17. The third kappa shape index (κ3) is 3.59. The zero-order valence-electron chi connectivity index (χ0n) is 11.7. The molecule has 1 saturated carbocycles. The van der Waals surface area contributed by atoms with Gasteiger partial charge < -0.3 is 5.32 Å². The summed E-state index contributed by atoms with van der Waals surface area (Å²) in [6.07, 6.45) is 3.82. The molecule has 1 aliphatic carbocycles. The van der Waals surface area contributed by atoms with Gasteiger partial charge in [0, 0.05) is 17.4 Å². The number of halogens is 1. The Kier molecular flexibility index (Phi) is 5.03. The van der Waals surface area contributed by atoms with Gasteiger partial charge in [-0.15, -0.1) is 0 Å². The summed E-state index contributed by atoms with van der Waals surface area (Å²) in [6, 6.07) is 6.03. The van der Waals surface area contributed by atoms with Gasteiger partial charge in [0.15, 0.2) is 0 Å². The fraction of sp³-hybridized carbons (Fsp3) is 0.562. The molecule has 0 radical (unpaired) electrons. The Hall–Kier alpha value is -0.830. The quantitative estimate of drug-likeness (QED) is 0.838. The van der Waals surface area contributed by atoms with Crippen molar-refractivity contribution in [2.75, 3.05) is 11.9 Å². The largest absolute Gasteiger partial charge is 0.352 e. The molecule has 0 aromatic heterocycles. The van der Waals surface area contributed by atoms with Crippen LogP contribution in [-0.4, -0.2) is 17.8 Å². The first-order valence-corrected chi connectivity index (χ1v) is 8.15. The van der Waals surface area contributed by atoms with Crippen molar-refractivity contribution in [3.63, 3.8) is 0 Å². The SMILES string of the molecule is Cc1ccc(C)c(C(=O)NCC2CCCC2CBr)c1. The molecule has 0 spiro atoms. The number of amides is 1. The van der Waals surface area contributed by atoms with E-state index in [1.54, 1.807) is 0 Å². The van der Waals surface area contributed by atoms with Gasteiger partial charge in [-0.25, -0.2) is 0 Å². The third-order valence-electron chi connectivity index (χ3n) is 4.18. The van der Waals surface area contributed by atoms with Crippen molar-refractivity contribution >= 4 is 21.8 Å². The summed E-state index contributed by atoms with van der Waals surface area (Å²) in [5.74, 6) is 1.42. The van der Waals surface area contributed by atoms with Crippen LogP contribution in [0.4, 0.5) is 0 Å². The fourth-order valence-corrected chi connectivity index (χ4v) is 3.74. The number of rotatable bonds is 4. The Morgan fingerprint density at radius 3 is 2.79 bits per heavy atom. The van der Waals surface area contributed by atoms with Gasteiger partial charge in [-0.1, -0.05) is 40.0 Å². The van der Waals surface area contributed by atoms with Crippen LogP contribution in [0.3, 0.4) is 0 Å². The molecule has 3 heteroatoms. The molecule has 1 amide bonds. The molecule has 2 nitrogen and oxygen atoms in total. The van der Waals surface area contributed by atoms with Crippen LogP contribution in [0.25, 0.3) is 0 Å². The summed E-state index contributed by atoms with van der Waals surface area (Å²) >= 11 is 3.58. The lowest BCUT2D eigenvalue weighted by Gasteiger charge is -2.18. The second-order valence-corrected chi connectivity index (χ2v) is 6.28. The van der Waals surface area contributed by atoms with E-state index in [2.05, 4.69) is 21.2 Å². The number of alkyl halides is 1. The van der Waals surface area contributed by atoms with E-state index in [-0.39, 0.29) is 5.91 Å². The van der Waals surface area contributed by atoms with E-state index < -0.39 is 0 Å². The number of hydrogen-bond acceptors (Lipinski definition) is 1. The molecule has 1 fully saturated rings. The van der Waals surface area contributed by atoms with Gasteiger partial charge in [0.1, 0.15) is 0 Å². The van der Waals surface area contributed by atoms with Crippen molar-refractivity contribution in [1.29, 1.82) is 0 Å². The minimum absolute atomic E-state index is 0.0708. The predicted molar refractivity (Wildman–Crippen MR) is 82.9 cm³/mol. The van der Waals surface area contributed by atoms with Crippen molar-refractivity contribution in [1.82, 2.24) is 5.32 Å². The van der Waals surface area contributed by atoms with Gasteiger partial charge in [0.25, 0.3) is 5.91 Å². The van der Waals surface area contributed by atoms with Crippen LogP contribution in [-0.2, 0) is 0 Å². The highest BCUT2D eigenvalue weighted by Crippen LogP contribution is 2.32. The summed E-state index contributed by atoms with van der Waals surface area (Å²) in [5.41, 5.74) is 3.00. The lowest BCUT2D eigenvalue weighted by molar-refractivity contribution is 0.0944. The van der Waals surface area contributed by atoms with Crippen molar-refractivity contribution < 1.29 is 4.79 Å². The van der Waals surface area contributed by atoms with Crippen LogP contribution in [0.2, 0.25) is 0 Å². The van der Waals surface area contributed by atoms with E-state index in [1.807, 2.05) is 32.0 Å². The van der Waals surface area contributed by atoms with Gasteiger partial charge in [0.2, 0.25) is 0 Å². The molecule has 0 heterocycles. The van der Waals surface area contributed by atoms with Gasteiger partial charge >= 0.3 is 0 Å². The molecule has 0 aliphatic heterocycles. The smallest absolute Gasteiger partial charge is 0.251 e. The first-order valence-electron chi connectivity index (χ1n) is 7.03. The van der Waals surface area contributed by atoms with Crippen LogP contribution in [0, 0.1) is 25.7 Å². The van der Waals surface area contributed by atoms with E-state index in [9.17, 15) is 4.79 Å². The lowest BCUT2D eigenvalue weighted by atomic mass is 9.98. The first kappa shape index (κ1) is 14.6. The Morgan fingerprint density at radius 1 is 1.32 bits per heavy atom. The first-order chi connectivity index (χ1) is 9.11. The van der Waals surface area contributed by atoms with Gasteiger partial charge in [-0.3, -0.25) is 4.79 Å². The highest BCUT2D eigenvalue weighted by molar-refractivity contribution is 9.09. The molecule has 0 bridgehead atoms. The van der Waals surface area contributed by atoms with Crippen LogP contribution in [0.1, 0.15) is 40.7 Å². The summed E-state index contributed by atoms with van der Waals surface area (Å²) < 4.78 is 0. The van der Waals surface area contributed by atoms with E-state index in [0.29, 0.717) is 5.92 Å². The molecule has 19 heavy (non-hydrogen) atoms. The molecule has 0 saturated heterocycles. The second kappa shape index (κ2) is 6.56. The second-order valence-electron chi connectivity index (χ2n) is 5.63. The van der Waals surface area contributed by atoms with E-state index >= 15 is 0 Å². The predicted octanol–water partition coefficient (Wildman–Crippen LogP) is 3.84. The highest BCUT2D eigenvalue weighted by Gasteiger charge is 2.26. The molecule has 2 rings (SSSR count). The number of aryl methyl sites for hydroxylation is 2. The van der Waals surface area contributed by atoms with Crippen LogP contribution in [0.15, 0.2) is 18.2 Å². The average molecular weight is 324 g/mol. The Labute approximate surface area is 124 Å². The molecule has 1 aromatic rings. The number of benzene rings is 1.